The Balaban J connectivity index is 1.71. The minimum Gasteiger partial charge on any atom is -0.344 e. The lowest BCUT2D eigenvalue weighted by Crippen LogP contribution is -2.27. The van der Waals surface area contributed by atoms with Crippen LogP contribution < -0.4 is 5.32 Å². The van der Waals surface area contributed by atoms with E-state index in [0.717, 1.165) is 27.5 Å². The second kappa shape index (κ2) is 6.93. The highest BCUT2D eigenvalue weighted by atomic mass is 32.1. The van der Waals surface area contributed by atoms with Gasteiger partial charge in [0.15, 0.2) is 0 Å². The van der Waals surface area contributed by atoms with E-state index in [-0.39, 0.29) is 11.9 Å². The van der Waals surface area contributed by atoms with Crippen molar-refractivity contribution in [1.82, 2.24) is 15.3 Å². The van der Waals surface area contributed by atoms with Crippen LogP contribution in [0.3, 0.4) is 0 Å². The van der Waals surface area contributed by atoms with Gasteiger partial charge >= 0.3 is 0 Å². The molecule has 1 N–H and O–H groups in total. The summed E-state index contributed by atoms with van der Waals surface area (Å²) < 4.78 is 0. The fraction of sp³-hybridized carbons (Fsp3) is 0.211. The van der Waals surface area contributed by atoms with Crippen LogP contribution >= 0.6 is 11.3 Å². The van der Waals surface area contributed by atoms with E-state index >= 15 is 0 Å². The molecule has 1 atom stereocenters. The lowest BCUT2D eigenvalue weighted by Gasteiger charge is -2.14. The van der Waals surface area contributed by atoms with Crippen LogP contribution in [0.5, 0.6) is 0 Å². The van der Waals surface area contributed by atoms with E-state index < -0.39 is 0 Å². The number of aryl methyl sites for hydroxylation is 2. The predicted molar refractivity (Wildman–Crippen MR) is 97.1 cm³/mol. The van der Waals surface area contributed by atoms with Crippen LogP contribution in [0.4, 0.5) is 0 Å². The van der Waals surface area contributed by atoms with Gasteiger partial charge in [0.2, 0.25) is 0 Å². The van der Waals surface area contributed by atoms with Gasteiger partial charge in [-0.2, -0.15) is 0 Å². The van der Waals surface area contributed by atoms with E-state index in [2.05, 4.69) is 20.7 Å². The predicted octanol–water partition coefficient (Wildman–Crippen LogP) is 4.31. The Kier molecular flexibility index (Phi) is 4.71. The maximum absolute atomic E-state index is 12.3. The zero-order valence-corrected chi connectivity index (χ0v) is 14.7. The second-order valence-electron chi connectivity index (χ2n) is 5.73. The summed E-state index contributed by atoms with van der Waals surface area (Å²) in [4.78, 5) is 21.0. The number of hydrogen-bond acceptors (Lipinski definition) is 4. The van der Waals surface area contributed by atoms with E-state index in [1.165, 1.54) is 0 Å². The molecule has 0 bridgehead atoms. The fourth-order valence-corrected chi connectivity index (χ4v) is 3.08. The number of pyridine rings is 1. The molecule has 5 heteroatoms. The summed E-state index contributed by atoms with van der Waals surface area (Å²) in [6.07, 6.45) is 0. The number of carbonyl (C=O) groups is 1. The summed E-state index contributed by atoms with van der Waals surface area (Å²) in [6, 6.07) is 13.5. The van der Waals surface area contributed by atoms with Gasteiger partial charge in [0, 0.05) is 16.6 Å². The molecule has 0 aliphatic carbocycles. The Hall–Kier alpha value is -2.53. The van der Waals surface area contributed by atoms with E-state index in [9.17, 15) is 4.79 Å². The number of nitrogens with one attached hydrogen (secondary N) is 1. The Bertz CT molecular complexity index is 855. The van der Waals surface area contributed by atoms with Crippen molar-refractivity contribution in [2.45, 2.75) is 26.8 Å². The molecule has 3 aromatic rings. The minimum absolute atomic E-state index is 0.0916. The van der Waals surface area contributed by atoms with Crippen molar-refractivity contribution in [2.75, 3.05) is 0 Å². The molecule has 2 heterocycles. The molecule has 4 nitrogen and oxygen atoms in total. The Morgan fingerprint density at radius 1 is 1.08 bits per heavy atom. The first-order valence-electron chi connectivity index (χ1n) is 7.80. The summed E-state index contributed by atoms with van der Waals surface area (Å²) >= 11 is 1.64. The first-order chi connectivity index (χ1) is 11.5. The molecular weight excluding hydrogens is 318 g/mol. The average molecular weight is 337 g/mol. The Morgan fingerprint density at radius 2 is 1.83 bits per heavy atom. The van der Waals surface area contributed by atoms with Crippen LogP contribution in [0, 0.1) is 13.8 Å². The molecule has 0 aliphatic heterocycles. The molecule has 1 unspecified atom stereocenters. The minimum atomic E-state index is -0.162. The molecule has 1 amide bonds. The quantitative estimate of drug-likeness (QED) is 0.771. The number of rotatable bonds is 4. The van der Waals surface area contributed by atoms with Crippen LogP contribution in [0.2, 0.25) is 0 Å². The second-order valence-corrected chi connectivity index (χ2v) is 6.80. The van der Waals surface area contributed by atoms with Gasteiger partial charge in [-0.1, -0.05) is 30.3 Å². The van der Waals surface area contributed by atoms with Crippen LogP contribution in [0.25, 0.3) is 11.3 Å². The van der Waals surface area contributed by atoms with Gasteiger partial charge in [-0.15, -0.1) is 11.3 Å². The summed E-state index contributed by atoms with van der Waals surface area (Å²) in [5.74, 6) is -0.162. The van der Waals surface area contributed by atoms with Crippen molar-refractivity contribution in [2.24, 2.45) is 0 Å². The van der Waals surface area contributed by atoms with Crippen LogP contribution in [-0.4, -0.2) is 15.9 Å². The van der Waals surface area contributed by atoms with Crippen LogP contribution in [0.1, 0.15) is 39.7 Å². The Labute approximate surface area is 145 Å². The number of aromatic nitrogens is 2. The maximum Gasteiger partial charge on any atom is 0.270 e. The molecule has 0 spiro atoms. The van der Waals surface area contributed by atoms with Gasteiger partial charge in [0.1, 0.15) is 5.69 Å². The van der Waals surface area contributed by atoms with Crippen molar-refractivity contribution in [1.29, 1.82) is 0 Å². The topological polar surface area (TPSA) is 54.9 Å². The van der Waals surface area contributed by atoms with E-state index in [1.807, 2.05) is 57.2 Å². The number of thiazole rings is 1. The molecule has 0 fully saturated rings. The summed E-state index contributed by atoms with van der Waals surface area (Å²) in [6.45, 7) is 5.84. The lowest BCUT2D eigenvalue weighted by molar-refractivity contribution is 0.0934. The highest BCUT2D eigenvalue weighted by Gasteiger charge is 2.13. The summed E-state index contributed by atoms with van der Waals surface area (Å²) in [5, 5.41) is 6.10. The first-order valence-corrected chi connectivity index (χ1v) is 8.68. The van der Waals surface area contributed by atoms with Crippen LogP contribution in [0.15, 0.2) is 47.8 Å². The van der Waals surface area contributed by atoms with Gasteiger partial charge in [-0.25, -0.2) is 9.97 Å². The standard InChI is InChI=1S/C19H19N3OS/c1-12-5-4-6-17(20-12)19(23)21-13(2)15-7-9-16(10-8-15)18-11-24-14(3)22-18/h4-11,13H,1-3H3,(H,21,23). The summed E-state index contributed by atoms with van der Waals surface area (Å²) in [5.41, 5.74) is 4.40. The van der Waals surface area contributed by atoms with E-state index in [0.29, 0.717) is 5.69 Å². The van der Waals surface area contributed by atoms with Gasteiger partial charge in [-0.3, -0.25) is 4.79 Å². The van der Waals surface area contributed by atoms with Gasteiger partial charge in [-0.05, 0) is 38.5 Å². The highest BCUT2D eigenvalue weighted by molar-refractivity contribution is 7.09. The number of benzene rings is 1. The van der Waals surface area contributed by atoms with Crippen molar-refractivity contribution in [3.63, 3.8) is 0 Å². The molecule has 122 valence electrons. The first kappa shape index (κ1) is 16.3. The molecule has 0 saturated carbocycles. The zero-order chi connectivity index (χ0) is 17.1. The molecular formula is C19H19N3OS. The highest BCUT2D eigenvalue weighted by Crippen LogP contribution is 2.23. The van der Waals surface area contributed by atoms with Gasteiger partial charge in [0.25, 0.3) is 5.91 Å². The monoisotopic (exact) mass is 337 g/mol. The van der Waals surface area contributed by atoms with Crippen molar-refractivity contribution < 1.29 is 4.79 Å². The number of carbonyl (C=O) groups excluding carboxylic acids is 1. The van der Waals surface area contributed by atoms with Gasteiger partial charge in [0.05, 0.1) is 16.7 Å². The number of hydrogen-bond donors (Lipinski definition) is 1. The van der Waals surface area contributed by atoms with E-state index in [4.69, 9.17) is 0 Å². The molecule has 2 aromatic heterocycles. The average Bonchev–Trinajstić information content (AvgIpc) is 3.01. The molecule has 24 heavy (non-hydrogen) atoms. The van der Waals surface area contributed by atoms with Crippen molar-refractivity contribution >= 4 is 17.2 Å². The molecule has 0 aliphatic rings. The van der Waals surface area contributed by atoms with Crippen LogP contribution in [-0.2, 0) is 0 Å². The fourth-order valence-electron chi connectivity index (χ4n) is 2.46. The third-order valence-corrected chi connectivity index (χ3v) is 4.57. The lowest BCUT2D eigenvalue weighted by atomic mass is 10.0. The maximum atomic E-state index is 12.3. The molecule has 1 aromatic carbocycles. The van der Waals surface area contributed by atoms with Crippen molar-refractivity contribution in [3.05, 3.63) is 69.8 Å². The van der Waals surface area contributed by atoms with Gasteiger partial charge < -0.3 is 5.32 Å². The number of nitrogens with zero attached hydrogens (tertiary/aromatic N) is 2. The third kappa shape index (κ3) is 3.68. The Morgan fingerprint density at radius 3 is 2.46 bits per heavy atom. The third-order valence-electron chi connectivity index (χ3n) is 3.79. The van der Waals surface area contributed by atoms with Crippen molar-refractivity contribution in [3.8, 4) is 11.3 Å². The normalized spacial score (nSPS) is 12.0. The zero-order valence-electron chi connectivity index (χ0n) is 13.9. The van der Waals surface area contributed by atoms with E-state index in [1.54, 1.807) is 17.4 Å². The smallest absolute Gasteiger partial charge is 0.270 e. The largest absolute Gasteiger partial charge is 0.344 e. The molecule has 0 radical (unpaired) electrons. The molecule has 0 saturated heterocycles. The number of amides is 1. The summed E-state index contributed by atoms with van der Waals surface area (Å²) in [7, 11) is 0. The SMILES string of the molecule is Cc1cccc(C(=O)NC(C)c2ccc(-c3csc(C)n3)cc2)n1. The molecule has 3 rings (SSSR count).